The van der Waals surface area contributed by atoms with Gasteiger partial charge in [-0.3, -0.25) is 4.90 Å². The van der Waals surface area contributed by atoms with Gasteiger partial charge < -0.3 is 9.15 Å². The van der Waals surface area contributed by atoms with E-state index in [2.05, 4.69) is 23.8 Å². The summed E-state index contributed by atoms with van der Waals surface area (Å²) in [5.74, 6) is 0.565. The van der Waals surface area contributed by atoms with Crippen molar-refractivity contribution < 1.29 is 9.15 Å². The first-order chi connectivity index (χ1) is 10.1. The molecule has 0 aliphatic carbocycles. The van der Waals surface area contributed by atoms with Crippen LogP contribution in [-0.2, 0) is 11.4 Å². The number of benzene rings is 1. The molecule has 1 aliphatic heterocycles. The van der Waals surface area contributed by atoms with Gasteiger partial charge in [0.15, 0.2) is 0 Å². The predicted octanol–water partition coefficient (Wildman–Crippen LogP) is 2.94. The fourth-order valence-electron chi connectivity index (χ4n) is 2.68. The Morgan fingerprint density at radius 1 is 1.19 bits per heavy atom. The predicted molar refractivity (Wildman–Crippen MR) is 82.3 cm³/mol. The van der Waals surface area contributed by atoms with Gasteiger partial charge in [-0.1, -0.05) is 18.2 Å². The smallest absolute Gasteiger partial charge is 0.288 e. The Hall–Kier alpha value is -1.50. The quantitative estimate of drug-likeness (QED) is 0.816. The molecule has 5 nitrogen and oxygen atoms in total. The number of aromatic nitrogens is 2. The Kier molecular flexibility index (Phi) is 4.19. The van der Waals surface area contributed by atoms with E-state index >= 15 is 0 Å². The fraction of sp³-hybridized carbons (Fsp3) is 0.467. The lowest BCUT2D eigenvalue weighted by Crippen LogP contribution is -2.46. The first kappa shape index (κ1) is 14.4. The SMILES string of the molecule is C[C@H]1CN(Cn2nc(-c3ccccc3)oc2=S)C[C@H](C)O1. The molecule has 2 aromatic rings. The third-order valence-electron chi connectivity index (χ3n) is 3.46. The molecule has 112 valence electrons. The standard InChI is InChI=1S/C15H19N3O2S/c1-11-8-17(9-12(2)19-11)10-18-15(21)20-14(16-18)13-6-4-3-5-7-13/h3-7,11-12H,8-10H2,1-2H3/t11-,12-/m0/s1. The molecular weight excluding hydrogens is 286 g/mol. The molecule has 0 radical (unpaired) electrons. The first-order valence-electron chi connectivity index (χ1n) is 7.13. The summed E-state index contributed by atoms with van der Waals surface area (Å²) >= 11 is 5.28. The van der Waals surface area contributed by atoms with Crippen LogP contribution in [0, 0.1) is 4.84 Å². The van der Waals surface area contributed by atoms with E-state index in [-0.39, 0.29) is 12.2 Å². The molecule has 1 saturated heterocycles. The number of hydrogen-bond acceptors (Lipinski definition) is 5. The summed E-state index contributed by atoms with van der Waals surface area (Å²) in [7, 11) is 0. The highest BCUT2D eigenvalue weighted by Crippen LogP contribution is 2.18. The molecule has 2 heterocycles. The first-order valence-corrected chi connectivity index (χ1v) is 7.54. The molecule has 0 bridgehead atoms. The van der Waals surface area contributed by atoms with E-state index in [0.717, 1.165) is 18.7 Å². The van der Waals surface area contributed by atoms with Gasteiger partial charge in [0.05, 0.1) is 18.9 Å². The van der Waals surface area contributed by atoms with E-state index in [4.69, 9.17) is 21.4 Å². The number of rotatable bonds is 3. The van der Waals surface area contributed by atoms with Gasteiger partial charge in [0.2, 0.25) is 5.89 Å². The molecule has 0 unspecified atom stereocenters. The second-order valence-corrected chi connectivity index (χ2v) is 5.82. The van der Waals surface area contributed by atoms with Crippen LogP contribution < -0.4 is 0 Å². The van der Waals surface area contributed by atoms with Crippen LogP contribution in [0.25, 0.3) is 11.5 Å². The monoisotopic (exact) mass is 305 g/mol. The largest absolute Gasteiger partial charge is 0.409 e. The minimum Gasteiger partial charge on any atom is -0.409 e. The van der Waals surface area contributed by atoms with Crippen LogP contribution >= 0.6 is 12.2 Å². The molecule has 6 heteroatoms. The van der Waals surface area contributed by atoms with Crippen molar-refractivity contribution in [1.29, 1.82) is 0 Å². The lowest BCUT2D eigenvalue weighted by molar-refractivity contribution is -0.0778. The Labute approximate surface area is 129 Å². The number of ether oxygens (including phenoxy) is 1. The van der Waals surface area contributed by atoms with Gasteiger partial charge in [0, 0.05) is 18.7 Å². The third-order valence-corrected chi connectivity index (χ3v) is 3.75. The molecule has 0 spiro atoms. The average Bonchev–Trinajstić information content (AvgIpc) is 2.80. The van der Waals surface area contributed by atoms with Crippen molar-refractivity contribution in [3.8, 4) is 11.5 Å². The maximum Gasteiger partial charge on any atom is 0.288 e. The lowest BCUT2D eigenvalue weighted by Gasteiger charge is -2.34. The second-order valence-electron chi connectivity index (χ2n) is 5.47. The number of morpholine rings is 1. The second kappa shape index (κ2) is 6.09. The minimum absolute atomic E-state index is 0.225. The van der Waals surface area contributed by atoms with Crippen molar-refractivity contribution in [3.63, 3.8) is 0 Å². The maximum absolute atomic E-state index is 5.74. The number of nitrogens with zero attached hydrogens (tertiary/aromatic N) is 3. The highest BCUT2D eigenvalue weighted by atomic mass is 32.1. The highest BCUT2D eigenvalue weighted by molar-refractivity contribution is 7.71. The summed E-state index contributed by atoms with van der Waals surface area (Å²) in [6.07, 6.45) is 0.451. The van der Waals surface area contributed by atoms with Gasteiger partial charge in [0.1, 0.15) is 0 Å². The van der Waals surface area contributed by atoms with Crippen LogP contribution in [-0.4, -0.2) is 40.0 Å². The van der Waals surface area contributed by atoms with Crippen molar-refractivity contribution >= 4 is 12.2 Å². The molecule has 0 N–H and O–H groups in total. The maximum atomic E-state index is 5.74. The molecule has 1 fully saturated rings. The van der Waals surface area contributed by atoms with E-state index in [9.17, 15) is 0 Å². The van der Waals surface area contributed by atoms with Gasteiger partial charge in [-0.25, -0.2) is 4.68 Å². The van der Waals surface area contributed by atoms with Crippen LogP contribution in [0.15, 0.2) is 34.7 Å². The van der Waals surface area contributed by atoms with Crippen molar-refractivity contribution in [2.75, 3.05) is 13.1 Å². The molecule has 1 aromatic carbocycles. The Bertz CT molecular complexity index is 642. The van der Waals surface area contributed by atoms with Crippen LogP contribution in [0.2, 0.25) is 0 Å². The van der Waals surface area contributed by atoms with Gasteiger partial charge in [-0.05, 0) is 38.2 Å². The summed E-state index contributed by atoms with van der Waals surface area (Å²) in [4.78, 5) is 2.69. The summed E-state index contributed by atoms with van der Waals surface area (Å²) in [6.45, 7) is 6.55. The van der Waals surface area contributed by atoms with Gasteiger partial charge in [0.25, 0.3) is 4.84 Å². The molecular formula is C15H19N3O2S. The van der Waals surface area contributed by atoms with Crippen LogP contribution in [0.4, 0.5) is 0 Å². The zero-order valence-electron chi connectivity index (χ0n) is 12.2. The normalized spacial score (nSPS) is 23.3. The molecule has 0 amide bonds. The minimum atomic E-state index is 0.225. The summed E-state index contributed by atoms with van der Waals surface area (Å²) in [5.41, 5.74) is 0.936. The molecule has 21 heavy (non-hydrogen) atoms. The molecule has 1 aliphatic rings. The van der Waals surface area contributed by atoms with Crippen molar-refractivity contribution in [3.05, 3.63) is 35.2 Å². The van der Waals surface area contributed by atoms with Crippen LogP contribution in [0.1, 0.15) is 13.8 Å². The summed E-state index contributed by atoms with van der Waals surface area (Å²) in [6, 6.07) is 9.80. The van der Waals surface area contributed by atoms with E-state index in [1.807, 2.05) is 30.3 Å². The Balaban J connectivity index is 1.78. The average molecular weight is 305 g/mol. The highest BCUT2D eigenvalue weighted by Gasteiger charge is 2.23. The van der Waals surface area contributed by atoms with E-state index in [0.29, 0.717) is 17.4 Å². The van der Waals surface area contributed by atoms with E-state index < -0.39 is 0 Å². The van der Waals surface area contributed by atoms with Gasteiger partial charge in [-0.2, -0.15) is 0 Å². The molecule has 1 aromatic heterocycles. The lowest BCUT2D eigenvalue weighted by atomic mass is 10.2. The molecule has 0 saturated carbocycles. The van der Waals surface area contributed by atoms with Crippen molar-refractivity contribution in [1.82, 2.24) is 14.7 Å². The fourth-order valence-corrected chi connectivity index (χ4v) is 2.86. The van der Waals surface area contributed by atoms with E-state index in [1.165, 1.54) is 0 Å². The molecule has 3 rings (SSSR count). The van der Waals surface area contributed by atoms with E-state index in [1.54, 1.807) is 4.68 Å². The van der Waals surface area contributed by atoms with Crippen molar-refractivity contribution in [2.24, 2.45) is 0 Å². The van der Waals surface area contributed by atoms with Crippen molar-refractivity contribution in [2.45, 2.75) is 32.7 Å². The topological polar surface area (TPSA) is 43.4 Å². The summed E-state index contributed by atoms with van der Waals surface area (Å²) in [5, 5.41) is 4.49. The Morgan fingerprint density at radius 3 is 2.52 bits per heavy atom. The third kappa shape index (κ3) is 3.40. The van der Waals surface area contributed by atoms with Crippen LogP contribution in [0.5, 0.6) is 0 Å². The van der Waals surface area contributed by atoms with Gasteiger partial charge in [-0.15, -0.1) is 5.10 Å². The van der Waals surface area contributed by atoms with Gasteiger partial charge >= 0.3 is 0 Å². The van der Waals surface area contributed by atoms with Crippen LogP contribution in [0.3, 0.4) is 0 Å². The number of hydrogen-bond donors (Lipinski definition) is 0. The molecule has 2 atom stereocenters. The zero-order valence-corrected chi connectivity index (χ0v) is 13.0. The summed E-state index contributed by atoms with van der Waals surface area (Å²) < 4.78 is 13.1. The Morgan fingerprint density at radius 2 is 1.86 bits per heavy atom. The zero-order chi connectivity index (χ0) is 14.8.